The zero-order valence-corrected chi connectivity index (χ0v) is 34.1. The summed E-state index contributed by atoms with van der Waals surface area (Å²) in [6.07, 6.45) is 0. The van der Waals surface area contributed by atoms with E-state index in [4.69, 9.17) is 23.7 Å². The first-order valence-corrected chi connectivity index (χ1v) is 20.1. The molecule has 2 aliphatic heterocycles. The number of aromatic hydroxyl groups is 1. The molecular weight excluding hydrogens is 781 g/mol. The fraction of sp³-hybridized carbons (Fsp3) is 0.286. The highest BCUT2D eigenvalue weighted by Gasteiger charge is 2.45. The van der Waals surface area contributed by atoms with Crippen LogP contribution in [0.25, 0.3) is 0 Å². The van der Waals surface area contributed by atoms with E-state index in [1.807, 2.05) is 100 Å². The number of benzene rings is 4. The third-order valence-corrected chi connectivity index (χ3v) is 11.2. The van der Waals surface area contributed by atoms with Crippen LogP contribution in [-0.2, 0) is 19.1 Å². The molecule has 300 valence electrons. The summed E-state index contributed by atoms with van der Waals surface area (Å²) in [5, 5.41) is 31.9. The van der Waals surface area contributed by atoms with Crippen LogP contribution in [0.4, 0.5) is 10.3 Å². The van der Waals surface area contributed by atoms with E-state index in [-0.39, 0.29) is 36.2 Å². The first-order chi connectivity index (χ1) is 28.0. The molecule has 2 aromatic heterocycles. The smallest absolute Gasteiger partial charge is 0.232 e. The van der Waals surface area contributed by atoms with Crippen LogP contribution < -0.4 is 24.8 Å². The minimum Gasteiger partial charge on any atom is -0.508 e. The topological polar surface area (TPSA) is 176 Å². The first kappa shape index (κ1) is 40.3. The number of ether oxygens (including phenoxy) is 5. The number of para-hydroxylation sites is 2. The van der Waals surface area contributed by atoms with Gasteiger partial charge in [0.05, 0.1) is 24.0 Å². The van der Waals surface area contributed by atoms with Gasteiger partial charge in [0.25, 0.3) is 0 Å². The van der Waals surface area contributed by atoms with Crippen molar-refractivity contribution in [2.24, 2.45) is 10.8 Å². The highest BCUT2D eigenvalue weighted by atomic mass is 32.1. The lowest BCUT2D eigenvalue weighted by Gasteiger charge is -2.38. The molecule has 8 rings (SSSR count). The SMILES string of the molecule is CC(C)(C(=O)Nc1nncs1)C1c2ccccc2Oc2cc(O)ccc21.COCCOCOc1ccc2c(c1)Oc1ccccc1C2C(C)(C)C(=O)Nc1nncs1. The number of fused-ring (bicyclic) bond motifs is 4. The lowest BCUT2D eigenvalue weighted by atomic mass is 9.69. The molecule has 0 saturated carbocycles. The second-order valence-electron chi connectivity index (χ2n) is 14.6. The molecule has 2 unspecified atom stereocenters. The van der Waals surface area contributed by atoms with Gasteiger partial charge < -0.3 is 39.4 Å². The van der Waals surface area contributed by atoms with Crippen molar-refractivity contribution in [1.29, 1.82) is 0 Å². The van der Waals surface area contributed by atoms with Crippen molar-refractivity contribution in [1.82, 2.24) is 20.4 Å². The summed E-state index contributed by atoms with van der Waals surface area (Å²) in [6, 6.07) is 26.1. The number of rotatable bonds is 12. The van der Waals surface area contributed by atoms with Gasteiger partial charge in [0.2, 0.25) is 22.1 Å². The van der Waals surface area contributed by atoms with Crippen molar-refractivity contribution in [3.63, 3.8) is 0 Å². The molecule has 2 aliphatic rings. The number of hydrogen-bond donors (Lipinski definition) is 3. The van der Waals surface area contributed by atoms with Crippen molar-refractivity contribution in [3.8, 4) is 34.5 Å². The highest BCUT2D eigenvalue weighted by Crippen LogP contribution is 2.54. The van der Waals surface area contributed by atoms with Gasteiger partial charge in [0.15, 0.2) is 6.79 Å². The second kappa shape index (κ2) is 17.3. The summed E-state index contributed by atoms with van der Waals surface area (Å²) in [6.45, 7) is 8.70. The summed E-state index contributed by atoms with van der Waals surface area (Å²) in [7, 11) is 1.62. The van der Waals surface area contributed by atoms with E-state index >= 15 is 0 Å². The van der Waals surface area contributed by atoms with Gasteiger partial charge in [-0.05, 0) is 24.3 Å². The van der Waals surface area contributed by atoms with E-state index in [1.165, 1.54) is 22.7 Å². The van der Waals surface area contributed by atoms with Crippen molar-refractivity contribution in [2.45, 2.75) is 39.5 Å². The predicted octanol–water partition coefficient (Wildman–Crippen LogP) is 8.59. The normalized spacial score (nSPS) is 15.1. The third kappa shape index (κ3) is 8.50. The number of methoxy groups -OCH3 is 1. The molecule has 3 N–H and O–H groups in total. The molecule has 0 fully saturated rings. The Morgan fingerprint density at radius 2 is 1.19 bits per heavy atom. The van der Waals surface area contributed by atoms with Crippen molar-refractivity contribution >= 4 is 44.8 Å². The maximum atomic E-state index is 13.3. The average molecular weight is 823 g/mol. The average Bonchev–Trinajstić information content (AvgIpc) is 3.94. The van der Waals surface area contributed by atoms with E-state index in [1.54, 1.807) is 30.3 Å². The van der Waals surface area contributed by atoms with E-state index in [2.05, 4.69) is 31.0 Å². The Balaban J connectivity index is 0.000000180. The number of aromatic nitrogens is 4. The van der Waals surface area contributed by atoms with Crippen LogP contribution >= 0.6 is 22.7 Å². The highest BCUT2D eigenvalue weighted by molar-refractivity contribution is 7.13. The Labute approximate surface area is 343 Å². The zero-order valence-electron chi connectivity index (χ0n) is 32.4. The Hall–Kier alpha value is -5.94. The molecule has 0 saturated heterocycles. The van der Waals surface area contributed by atoms with Crippen LogP contribution in [0.5, 0.6) is 34.5 Å². The minimum atomic E-state index is -0.800. The van der Waals surface area contributed by atoms with Gasteiger partial charge >= 0.3 is 0 Å². The molecule has 6 aromatic rings. The van der Waals surface area contributed by atoms with E-state index in [0.717, 1.165) is 28.0 Å². The van der Waals surface area contributed by atoms with Gasteiger partial charge in [-0.25, -0.2) is 0 Å². The largest absolute Gasteiger partial charge is 0.508 e. The van der Waals surface area contributed by atoms with Crippen LogP contribution in [0.3, 0.4) is 0 Å². The number of nitrogens with zero attached hydrogens (tertiary/aromatic N) is 4. The van der Waals surface area contributed by atoms with Gasteiger partial charge in [-0.1, -0.05) is 98.9 Å². The van der Waals surface area contributed by atoms with Gasteiger partial charge in [0, 0.05) is 53.3 Å². The molecule has 58 heavy (non-hydrogen) atoms. The monoisotopic (exact) mass is 822 g/mol. The molecule has 0 radical (unpaired) electrons. The van der Waals surface area contributed by atoms with Gasteiger partial charge in [-0.3, -0.25) is 9.59 Å². The van der Waals surface area contributed by atoms with Crippen molar-refractivity contribution in [2.75, 3.05) is 37.8 Å². The predicted molar refractivity (Wildman–Crippen MR) is 219 cm³/mol. The molecule has 2 amide bonds. The number of amides is 2. The van der Waals surface area contributed by atoms with Crippen molar-refractivity contribution in [3.05, 3.63) is 118 Å². The first-order valence-electron chi connectivity index (χ1n) is 18.3. The van der Waals surface area contributed by atoms with Gasteiger partial charge in [-0.15, -0.1) is 20.4 Å². The number of carbonyl (C=O) groups is 2. The second-order valence-corrected chi connectivity index (χ2v) is 16.2. The summed E-state index contributed by atoms with van der Waals surface area (Å²) in [5.74, 6) is 2.59. The number of phenolic OH excluding ortho intramolecular Hbond substituents is 1. The van der Waals surface area contributed by atoms with E-state index in [0.29, 0.717) is 46.5 Å². The van der Waals surface area contributed by atoms with E-state index in [9.17, 15) is 14.7 Å². The summed E-state index contributed by atoms with van der Waals surface area (Å²) >= 11 is 2.56. The molecule has 0 spiro atoms. The number of hydrogen-bond acceptors (Lipinski definition) is 14. The number of phenols is 1. The molecule has 0 bridgehead atoms. The zero-order chi connectivity index (χ0) is 40.9. The molecule has 0 aliphatic carbocycles. The quantitative estimate of drug-likeness (QED) is 0.0793. The Morgan fingerprint density at radius 1 is 0.690 bits per heavy atom. The van der Waals surface area contributed by atoms with Crippen LogP contribution in [0.2, 0.25) is 0 Å². The maximum Gasteiger partial charge on any atom is 0.232 e. The number of anilines is 2. The van der Waals surface area contributed by atoms with Gasteiger partial charge in [-0.2, -0.15) is 0 Å². The maximum absolute atomic E-state index is 13.3. The Bertz CT molecular complexity index is 2370. The minimum absolute atomic E-state index is 0.109. The number of nitrogens with one attached hydrogen (secondary N) is 2. The Morgan fingerprint density at radius 3 is 1.71 bits per heavy atom. The van der Waals surface area contributed by atoms with Crippen LogP contribution in [0.1, 0.15) is 61.8 Å². The third-order valence-electron chi connectivity index (χ3n) is 10.0. The standard InChI is InChI=1S/C23H25N3O5S.C19H17N3O3S/c1-23(2,21(27)25-22-26-24-13-32-22)20-16-6-4-5-7-18(16)31-19-12-15(8-9-17(19)20)30-14-29-11-10-28-3;1-19(2,17(24)21-18-22-20-10-26-18)16-12-5-3-4-6-14(12)25-15-9-11(23)7-8-13(15)16/h4-9,12-13,20H,10-11,14H2,1-3H3,(H,25,26,27);3-10,16,23H,1-2H3,(H,21,22,24). The molecule has 4 heterocycles. The van der Waals surface area contributed by atoms with Gasteiger partial charge in [0.1, 0.15) is 45.5 Å². The van der Waals surface area contributed by atoms with Crippen LogP contribution in [0, 0.1) is 10.8 Å². The lowest BCUT2D eigenvalue weighted by molar-refractivity contribution is -0.125. The summed E-state index contributed by atoms with van der Waals surface area (Å²) in [5.41, 5.74) is 5.22. The van der Waals surface area contributed by atoms with E-state index < -0.39 is 10.8 Å². The summed E-state index contributed by atoms with van der Waals surface area (Å²) in [4.78, 5) is 26.3. The molecule has 14 nitrogen and oxygen atoms in total. The number of carbonyl (C=O) groups excluding carboxylic acids is 2. The lowest BCUT2D eigenvalue weighted by Crippen LogP contribution is -2.38. The fourth-order valence-corrected chi connectivity index (χ4v) is 7.96. The molecule has 16 heteroatoms. The molecule has 4 aromatic carbocycles. The summed E-state index contributed by atoms with van der Waals surface area (Å²) < 4.78 is 28.2. The molecule has 2 atom stereocenters. The van der Waals surface area contributed by atoms with Crippen molar-refractivity contribution < 1.29 is 38.4 Å². The van der Waals surface area contributed by atoms with Crippen LogP contribution in [-0.4, -0.2) is 64.4 Å². The Kier molecular flexibility index (Phi) is 12.0. The fourth-order valence-electron chi connectivity index (χ4n) is 7.08. The molecular formula is C42H42N6O8S2. The van der Waals surface area contributed by atoms with Crippen LogP contribution in [0.15, 0.2) is 96.0 Å².